The van der Waals surface area contributed by atoms with Crippen molar-refractivity contribution in [2.45, 2.75) is 42.6 Å². The summed E-state index contributed by atoms with van der Waals surface area (Å²) in [5, 5.41) is 11.9. The van der Waals surface area contributed by atoms with E-state index in [-0.39, 0.29) is 4.21 Å². The van der Waals surface area contributed by atoms with Gasteiger partial charge in [0.05, 0.1) is 6.54 Å². The number of nitrogens with two attached hydrogens (primary N) is 1. The molecule has 2 fully saturated rings. The van der Waals surface area contributed by atoms with Crippen LogP contribution in [0.1, 0.15) is 24.6 Å². The first kappa shape index (κ1) is 17.7. The molecular formula is C15H25N5O2S2. The quantitative estimate of drug-likeness (QED) is 0.518. The highest BCUT2D eigenvalue weighted by molar-refractivity contribution is 7.91. The van der Waals surface area contributed by atoms with Crippen molar-refractivity contribution < 1.29 is 8.42 Å². The van der Waals surface area contributed by atoms with Crippen molar-refractivity contribution >= 4 is 27.3 Å². The zero-order valence-corrected chi connectivity index (χ0v) is 15.7. The second-order valence-corrected chi connectivity index (χ2v) is 9.56. The van der Waals surface area contributed by atoms with Crippen LogP contribution in [0.2, 0.25) is 0 Å². The summed E-state index contributed by atoms with van der Waals surface area (Å²) in [6.07, 6.45) is 2.66. The summed E-state index contributed by atoms with van der Waals surface area (Å²) in [4.78, 5) is 7.75. The highest BCUT2D eigenvalue weighted by atomic mass is 32.2. The molecule has 1 aliphatic carbocycles. The summed E-state index contributed by atoms with van der Waals surface area (Å²) in [7, 11) is -1.87. The number of likely N-dealkylation sites (tertiary alicyclic amines) is 1. The Bertz CT molecular complexity index is 711. The molecule has 1 saturated heterocycles. The number of nitrogens with zero attached hydrogens (tertiary/aromatic N) is 2. The van der Waals surface area contributed by atoms with Crippen LogP contribution in [0, 0.1) is 5.92 Å². The predicted molar refractivity (Wildman–Crippen MR) is 96.6 cm³/mol. The van der Waals surface area contributed by atoms with Crippen LogP contribution in [0.15, 0.2) is 21.3 Å². The summed E-state index contributed by atoms with van der Waals surface area (Å²) in [6.45, 7) is 4.99. The van der Waals surface area contributed by atoms with E-state index in [0.717, 1.165) is 30.0 Å². The predicted octanol–water partition coefficient (Wildman–Crippen LogP) is 0.543. The standard InChI is InChI=1S/C15H25N5O2S2/c1-10-8-20(11-3-4-11)9-13(10)19-15(17-2)18-7-12-5-6-14(23-12)24(16,21)22/h5-6,10-11,13H,3-4,7-9H2,1-2H3,(H2,16,21,22)(H2,17,18,19). The third kappa shape index (κ3) is 4.27. The van der Waals surface area contributed by atoms with Gasteiger partial charge in [-0.05, 0) is 30.9 Å². The minimum atomic E-state index is -3.62. The molecule has 2 atom stereocenters. The number of primary sulfonamides is 1. The van der Waals surface area contributed by atoms with Gasteiger partial charge in [0, 0.05) is 37.1 Å². The number of hydrogen-bond donors (Lipinski definition) is 3. The van der Waals surface area contributed by atoms with E-state index in [2.05, 4.69) is 27.4 Å². The highest BCUT2D eigenvalue weighted by Crippen LogP contribution is 2.31. The third-order valence-electron chi connectivity index (χ3n) is 4.60. The van der Waals surface area contributed by atoms with Crippen molar-refractivity contribution in [2.24, 2.45) is 16.0 Å². The fourth-order valence-electron chi connectivity index (χ4n) is 3.08. The molecular weight excluding hydrogens is 346 g/mol. The zero-order chi connectivity index (χ0) is 17.3. The topological polar surface area (TPSA) is 99.8 Å². The Balaban J connectivity index is 1.53. The second-order valence-electron chi connectivity index (χ2n) is 6.60. The van der Waals surface area contributed by atoms with Gasteiger partial charge in [-0.2, -0.15) is 0 Å². The fourth-order valence-corrected chi connectivity index (χ4v) is 4.80. The molecule has 2 unspecified atom stereocenters. The van der Waals surface area contributed by atoms with Crippen LogP contribution >= 0.6 is 11.3 Å². The van der Waals surface area contributed by atoms with E-state index in [1.165, 1.54) is 24.2 Å². The maximum absolute atomic E-state index is 11.3. The monoisotopic (exact) mass is 371 g/mol. The lowest BCUT2D eigenvalue weighted by Gasteiger charge is -2.20. The number of nitrogens with one attached hydrogen (secondary N) is 2. The van der Waals surface area contributed by atoms with E-state index in [0.29, 0.717) is 18.5 Å². The lowest BCUT2D eigenvalue weighted by Crippen LogP contribution is -2.46. The number of sulfonamides is 1. The molecule has 0 aromatic carbocycles. The van der Waals surface area contributed by atoms with E-state index in [1.807, 2.05) is 0 Å². The molecule has 2 heterocycles. The molecule has 24 heavy (non-hydrogen) atoms. The van der Waals surface area contributed by atoms with Crippen LogP contribution in [0.4, 0.5) is 0 Å². The van der Waals surface area contributed by atoms with Crippen LogP contribution in [0.5, 0.6) is 0 Å². The van der Waals surface area contributed by atoms with Gasteiger partial charge in [0.25, 0.3) is 0 Å². The van der Waals surface area contributed by atoms with Crippen molar-refractivity contribution in [1.29, 1.82) is 0 Å². The third-order valence-corrected chi connectivity index (χ3v) is 7.12. The summed E-state index contributed by atoms with van der Waals surface area (Å²) in [6, 6.07) is 4.49. The molecule has 134 valence electrons. The van der Waals surface area contributed by atoms with Gasteiger partial charge in [-0.25, -0.2) is 13.6 Å². The molecule has 0 bridgehead atoms. The maximum Gasteiger partial charge on any atom is 0.247 e. The Morgan fingerprint density at radius 3 is 2.75 bits per heavy atom. The smallest absolute Gasteiger partial charge is 0.247 e. The minimum Gasteiger partial charge on any atom is -0.352 e. The van der Waals surface area contributed by atoms with Gasteiger partial charge >= 0.3 is 0 Å². The molecule has 1 aliphatic heterocycles. The summed E-state index contributed by atoms with van der Waals surface area (Å²) in [5.74, 6) is 1.33. The van der Waals surface area contributed by atoms with Gasteiger partial charge in [-0.1, -0.05) is 6.92 Å². The van der Waals surface area contributed by atoms with Crippen LogP contribution < -0.4 is 15.8 Å². The molecule has 1 aromatic rings. The lowest BCUT2D eigenvalue weighted by molar-refractivity contribution is 0.315. The first-order chi connectivity index (χ1) is 11.4. The second kappa shape index (κ2) is 6.99. The number of aliphatic imine (C=N–C) groups is 1. The Hall–Kier alpha value is -1.16. The van der Waals surface area contributed by atoms with Gasteiger partial charge in [-0.15, -0.1) is 11.3 Å². The Labute approximate surface area is 147 Å². The van der Waals surface area contributed by atoms with Crippen molar-refractivity contribution in [1.82, 2.24) is 15.5 Å². The van der Waals surface area contributed by atoms with Gasteiger partial charge in [0.15, 0.2) is 5.96 Å². The number of rotatable bonds is 5. The highest BCUT2D eigenvalue weighted by Gasteiger charge is 2.38. The van der Waals surface area contributed by atoms with Crippen molar-refractivity contribution in [3.63, 3.8) is 0 Å². The van der Waals surface area contributed by atoms with Gasteiger partial charge in [0.2, 0.25) is 10.0 Å². The van der Waals surface area contributed by atoms with E-state index in [1.54, 1.807) is 19.2 Å². The van der Waals surface area contributed by atoms with E-state index in [9.17, 15) is 8.42 Å². The van der Waals surface area contributed by atoms with E-state index in [4.69, 9.17) is 5.14 Å². The largest absolute Gasteiger partial charge is 0.352 e. The summed E-state index contributed by atoms with van der Waals surface area (Å²) < 4.78 is 22.8. The fraction of sp³-hybridized carbons (Fsp3) is 0.667. The lowest BCUT2D eigenvalue weighted by atomic mass is 10.1. The molecule has 0 amide bonds. The Morgan fingerprint density at radius 2 is 2.17 bits per heavy atom. The van der Waals surface area contributed by atoms with Crippen LogP contribution in [-0.4, -0.2) is 51.5 Å². The van der Waals surface area contributed by atoms with Crippen molar-refractivity contribution in [3.05, 3.63) is 17.0 Å². The normalized spacial score (nSPS) is 25.9. The summed E-state index contributed by atoms with van der Waals surface area (Å²) >= 11 is 1.18. The van der Waals surface area contributed by atoms with Gasteiger partial charge in [0.1, 0.15) is 4.21 Å². The van der Waals surface area contributed by atoms with E-state index >= 15 is 0 Å². The minimum absolute atomic E-state index is 0.187. The average molecular weight is 372 g/mol. The van der Waals surface area contributed by atoms with Crippen molar-refractivity contribution in [2.75, 3.05) is 20.1 Å². The number of guanidine groups is 1. The van der Waals surface area contributed by atoms with Crippen LogP contribution in [-0.2, 0) is 16.6 Å². The molecule has 0 radical (unpaired) electrons. The Morgan fingerprint density at radius 1 is 1.42 bits per heavy atom. The van der Waals surface area contributed by atoms with Gasteiger partial charge < -0.3 is 10.6 Å². The van der Waals surface area contributed by atoms with Crippen molar-refractivity contribution in [3.8, 4) is 0 Å². The van der Waals surface area contributed by atoms with E-state index < -0.39 is 10.0 Å². The van der Waals surface area contributed by atoms with Gasteiger partial charge in [-0.3, -0.25) is 9.89 Å². The molecule has 7 nitrogen and oxygen atoms in total. The molecule has 1 aromatic heterocycles. The SMILES string of the molecule is CN=C(NCc1ccc(S(N)(=O)=O)s1)NC1CN(C2CC2)CC1C. The Kier molecular flexibility index (Phi) is 5.14. The maximum atomic E-state index is 11.3. The molecule has 9 heteroatoms. The van der Waals surface area contributed by atoms with Crippen LogP contribution in [0.25, 0.3) is 0 Å². The van der Waals surface area contributed by atoms with Crippen LogP contribution in [0.3, 0.4) is 0 Å². The number of thiophene rings is 1. The average Bonchev–Trinajstić information content (AvgIpc) is 3.14. The zero-order valence-electron chi connectivity index (χ0n) is 14.0. The molecule has 2 aliphatic rings. The first-order valence-corrected chi connectivity index (χ1v) is 10.6. The number of hydrogen-bond acceptors (Lipinski definition) is 5. The first-order valence-electron chi connectivity index (χ1n) is 8.19. The molecule has 3 rings (SSSR count). The molecule has 0 spiro atoms. The molecule has 1 saturated carbocycles. The summed E-state index contributed by atoms with van der Waals surface area (Å²) in [5.41, 5.74) is 0. The molecule has 4 N–H and O–H groups in total.